The molecular weight excluding hydrogens is 202 g/mol. The quantitative estimate of drug-likeness (QED) is 0.645. The summed E-state index contributed by atoms with van der Waals surface area (Å²) in [6.07, 6.45) is 4.76. The third-order valence-corrected chi connectivity index (χ3v) is 3.82. The van der Waals surface area contributed by atoms with Gasteiger partial charge in [-0.2, -0.15) is 0 Å². The van der Waals surface area contributed by atoms with Crippen LogP contribution in [0.1, 0.15) is 33.1 Å². The Hall–Kier alpha value is -0.410. The molecule has 1 unspecified atom stereocenters. The van der Waals surface area contributed by atoms with Gasteiger partial charge in [0, 0.05) is 25.7 Å². The first-order valence-corrected chi connectivity index (χ1v) is 6.43. The molecule has 1 saturated heterocycles. The molecule has 0 amide bonds. The third-order valence-electron chi connectivity index (χ3n) is 3.82. The van der Waals surface area contributed by atoms with Crippen molar-refractivity contribution in [1.82, 2.24) is 4.90 Å². The van der Waals surface area contributed by atoms with E-state index >= 15 is 0 Å². The first kappa shape index (κ1) is 12.1. The van der Waals surface area contributed by atoms with E-state index in [4.69, 9.17) is 4.74 Å². The summed E-state index contributed by atoms with van der Waals surface area (Å²) in [4.78, 5) is 13.7. The van der Waals surface area contributed by atoms with Crippen LogP contribution in [-0.4, -0.2) is 43.5 Å². The fourth-order valence-electron chi connectivity index (χ4n) is 2.37. The molecule has 0 aromatic rings. The first-order valence-electron chi connectivity index (χ1n) is 6.43. The standard InChI is InChI=1S/C13H23NO2/c1-11(2)14(7-12-3-4-12)8-13(9-15)5-6-16-10-13/h9,11-12H,3-8,10H2,1-2H3. The molecule has 0 bridgehead atoms. The van der Waals surface area contributed by atoms with Crippen molar-refractivity contribution in [2.75, 3.05) is 26.3 Å². The van der Waals surface area contributed by atoms with Crippen molar-refractivity contribution in [1.29, 1.82) is 0 Å². The average molecular weight is 225 g/mol. The average Bonchev–Trinajstić information content (AvgIpc) is 2.95. The number of rotatable bonds is 6. The normalized spacial score (nSPS) is 30.2. The van der Waals surface area contributed by atoms with Gasteiger partial charge in [-0.25, -0.2) is 0 Å². The van der Waals surface area contributed by atoms with Crippen molar-refractivity contribution < 1.29 is 9.53 Å². The van der Waals surface area contributed by atoms with Gasteiger partial charge in [0.05, 0.1) is 12.0 Å². The lowest BCUT2D eigenvalue weighted by molar-refractivity contribution is -0.117. The van der Waals surface area contributed by atoms with E-state index < -0.39 is 0 Å². The molecule has 3 nitrogen and oxygen atoms in total. The van der Waals surface area contributed by atoms with Gasteiger partial charge < -0.3 is 9.53 Å². The maximum absolute atomic E-state index is 11.3. The van der Waals surface area contributed by atoms with E-state index in [0.717, 1.165) is 38.3 Å². The van der Waals surface area contributed by atoms with Crippen LogP contribution < -0.4 is 0 Å². The highest BCUT2D eigenvalue weighted by atomic mass is 16.5. The van der Waals surface area contributed by atoms with E-state index in [9.17, 15) is 4.79 Å². The predicted molar refractivity (Wildman–Crippen MR) is 63.4 cm³/mol. The number of carbonyl (C=O) groups is 1. The number of aldehydes is 1. The Morgan fingerprint density at radius 3 is 2.69 bits per heavy atom. The van der Waals surface area contributed by atoms with Crippen LogP contribution in [0, 0.1) is 11.3 Å². The maximum atomic E-state index is 11.3. The third kappa shape index (κ3) is 2.83. The van der Waals surface area contributed by atoms with Gasteiger partial charge in [0.15, 0.2) is 0 Å². The highest BCUT2D eigenvalue weighted by Gasteiger charge is 2.38. The highest BCUT2D eigenvalue weighted by Crippen LogP contribution is 2.33. The summed E-state index contributed by atoms with van der Waals surface area (Å²) in [5.74, 6) is 0.883. The van der Waals surface area contributed by atoms with Crippen molar-refractivity contribution in [3.63, 3.8) is 0 Å². The Morgan fingerprint density at radius 1 is 1.50 bits per heavy atom. The van der Waals surface area contributed by atoms with Crippen LogP contribution >= 0.6 is 0 Å². The number of ether oxygens (including phenoxy) is 1. The summed E-state index contributed by atoms with van der Waals surface area (Å²) in [6.45, 7) is 7.84. The minimum absolute atomic E-state index is 0.223. The van der Waals surface area contributed by atoms with Crippen molar-refractivity contribution in [3.8, 4) is 0 Å². The van der Waals surface area contributed by atoms with Gasteiger partial charge in [-0.1, -0.05) is 0 Å². The number of carbonyl (C=O) groups excluding carboxylic acids is 1. The topological polar surface area (TPSA) is 29.5 Å². The number of hydrogen-bond acceptors (Lipinski definition) is 3. The lowest BCUT2D eigenvalue weighted by atomic mass is 9.88. The molecule has 0 radical (unpaired) electrons. The van der Waals surface area contributed by atoms with Crippen LogP contribution in [0.3, 0.4) is 0 Å². The van der Waals surface area contributed by atoms with Crippen LogP contribution in [0.5, 0.6) is 0 Å². The molecule has 1 heterocycles. The molecule has 1 atom stereocenters. The fraction of sp³-hybridized carbons (Fsp3) is 0.923. The fourth-order valence-corrected chi connectivity index (χ4v) is 2.37. The van der Waals surface area contributed by atoms with Crippen molar-refractivity contribution in [2.45, 2.75) is 39.2 Å². The van der Waals surface area contributed by atoms with Crippen molar-refractivity contribution in [2.24, 2.45) is 11.3 Å². The molecule has 1 saturated carbocycles. The van der Waals surface area contributed by atoms with Gasteiger partial charge in [-0.05, 0) is 39.0 Å². The smallest absolute Gasteiger partial charge is 0.129 e. The molecule has 1 aliphatic heterocycles. The molecular formula is C13H23NO2. The summed E-state index contributed by atoms with van der Waals surface area (Å²) in [7, 11) is 0. The zero-order chi connectivity index (χ0) is 11.6. The Bertz CT molecular complexity index is 242. The van der Waals surface area contributed by atoms with E-state index in [1.165, 1.54) is 12.8 Å². The monoisotopic (exact) mass is 225 g/mol. The summed E-state index contributed by atoms with van der Waals surface area (Å²) in [5, 5.41) is 0. The van der Waals surface area contributed by atoms with Crippen LogP contribution in [-0.2, 0) is 9.53 Å². The Morgan fingerprint density at radius 2 is 2.25 bits per heavy atom. The van der Waals surface area contributed by atoms with E-state index in [2.05, 4.69) is 18.7 Å². The van der Waals surface area contributed by atoms with Gasteiger partial charge >= 0.3 is 0 Å². The molecule has 2 fully saturated rings. The van der Waals surface area contributed by atoms with Crippen LogP contribution in [0.25, 0.3) is 0 Å². The molecule has 2 rings (SSSR count). The Balaban J connectivity index is 1.94. The van der Waals surface area contributed by atoms with E-state index in [0.29, 0.717) is 12.6 Å². The Kier molecular flexibility index (Phi) is 3.65. The maximum Gasteiger partial charge on any atom is 0.129 e. The SMILES string of the molecule is CC(C)N(CC1CC1)CC1(C=O)CCOC1. The first-order chi connectivity index (χ1) is 7.65. The molecule has 0 aromatic heterocycles. The van der Waals surface area contributed by atoms with Crippen LogP contribution in [0.15, 0.2) is 0 Å². The number of hydrogen-bond donors (Lipinski definition) is 0. The summed E-state index contributed by atoms with van der Waals surface area (Å²) < 4.78 is 5.39. The Labute approximate surface area is 98.1 Å². The van der Waals surface area contributed by atoms with Gasteiger partial charge in [0.25, 0.3) is 0 Å². The van der Waals surface area contributed by atoms with E-state index in [1.807, 2.05) is 0 Å². The second-order valence-corrected chi connectivity index (χ2v) is 5.75. The molecule has 1 aliphatic carbocycles. The minimum Gasteiger partial charge on any atom is -0.380 e. The molecule has 2 aliphatic rings. The van der Waals surface area contributed by atoms with E-state index in [-0.39, 0.29) is 5.41 Å². The largest absolute Gasteiger partial charge is 0.380 e. The lowest BCUT2D eigenvalue weighted by Gasteiger charge is -2.33. The van der Waals surface area contributed by atoms with Crippen molar-refractivity contribution >= 4 is 6.29 Å². The predicted octanol–water partition coefficient (Wildman–Crippen LogP) is 1.71. The van der Waals surface area contributed by atoms with Gasteiger partial charge in [-0.15, -0.1) is 0 Å². The van der Waals surface area contributed by atoms with Crippen LogP contribution in [0.2, 0.25) is 0 Å². The molecule has 0 N–H and O–H groups in total. The minimum atomic E-state index is -0.223. The number of nitrogens with zero attached hydrogens (tertiary/aromatic N) is 1. The van der Waals surface area contributed by atoms with Gasteiger partial charge in [0.2, 0.25) is 0 Å². The van der Waals surface area contributed by atoms with Gasteiger partial charge in [-0.3, -0.25) is 4.90 Å². The molecule has 0 spiro atoms. The second-order valence-electron chi connectivity index (χ2n) is 5.75. The second kappa shape index (κ2) is 4.84. The summed E-state index contributed by atoms with van der Waals surface area (Å²) >= 11 is 0. The van der Waals surface area contributed by atoms with E-state index in [1.54, 1.807) is 0 Å². The lowest BCUT2D eigenvalue weighted by Crippen LogP contribution is -2.43. The molecule has 16 heavy (non-hydrogen) atoms. The summed E-state index contributed by atoms with van der Waals surface area (Å²) in [5.41, 5.74) is -0.223. The molecule has 0 aromatic carbocycles. The summed E-state index contributed by atoms with van der Waals surface area (Å²) in [6, 6.07) is 0.526. The van der Waals surface area contributed by atoms with Crippen LogP contribution in [0.4, 0.5) is 0 Å². The molecule has 3 heteroatoms. The zero-order valence-electron chi connectivity index (χ0n) is 10.4. The van der Waals surface area contributed by atoms with Gasteiger partial charge in [0.1, 0.15) is 6.29 Å². The zero-order valence-corrected chi connectivity index (χ0v) is 10.4. The van der Waals surface area contributed by atoms with Crippen molar-refractivity contribution in [3.05, 3.63) is 0 Å². The molecule has 92 valence electrons. The highest BCUT2D eigenvalue weighted by molar-refractivity contribution is 5.60.